The molecule has 1 aromatic heterocycles. The number of aliphatic hydroxyl groups excluding tert-OH is 1. The molecule has 12 heteroatoms. The maximum absolute atomic E-state index is 13.7. The van der Waals surface area contributed by atoms with Crippen LogP contribution in [0.25, 0.3) is 10.2 Å². The first-order valence-electron chi connectivity index (χ1n) is 13.9. The molecular weight excluding hydrogens is 611 g/mol. The topological polar surface area (TPSA) is 132 Å². The lowest BCUT2D eigenvalue weighted by atomic mass is 9.84. The van der Waals surface area contributed by atoms with E-state index >= 15 is 0 Å². The average Bonchev–Trinajstić information content (AvgIpc) is 3.41. The predicted octanol–water partition coefficient (Wildman–Crippen LogP) is 7.06. The zero-order valence-electron chi connectivity index (χ0n) is 23.1. The number of hydrogen-bond donors (Lipinski definition) is 4. The Hall–Kier alpha value is -3.70. The van der Waals surface area contributed by atoms with Gasteiger partial charge in [-0.1, -0.05) is 78.1 Å². The van der Waals surface area contributed by atoms with Gasteiger partial charge in [-0.25, -0.2) is 14.6 Å². The molecule has 1 fully saturated rings. The van der Waals surface area contributed by atoms with Gasteiger partial charge in [0.05, 0.1) is 28.3 Å². The van der Waals surface area contributed by atoms with Crippen LogP contribution in [0.15, 0.2) is 60.7 Å². The highest BCUT2D eigenvalue weighted by Gasteiger charge is 2.21. The molecule has 5 rings (SSSR count). The number of aromatic nitrogens is 1. The molecular formula is C31H30Cl2N4O5S. The van der Waals surface area contributed by atoms with Crippen LogP contribution in [0.5, 0.6) is 0 Å². The Kier molecular flexibility index (Phi) is 9.82. The van der Waals surface area contributed by atoms with Crippen molar-refractivity contribution in [3.8, 4) is 0 Å². The molecule has 4 aromatic rings. The van der Waals surface area contributed by atoms with Crippen LogP contribution in [-0.2, 0) is 11.3 Å². The molecule has 224 valence electrons. The van der Waals surface area contributed by atoms with E-state index in [1.807, 2.05) is 12.1 Å². The number of urea groups is 1. The summed E-state index contributed by atoms with van der Waals surface area (Å²) in [6.07, 6.45) is 4.38. The fourth-order valence-corrected chi connectivity index (χ4v) is 6.58. The number of thiazole rings is 1. The minimum atomic E-state index is -1.69. The summed E-state index contributed by atoms with van der Waals surface area (Å²) in [5.41, 5.74) is 3.60. The normalized spacial score (nSPS) is 14.3. The van der Waals surface area contributed by atoms with Crippen molar-refractivity contribution in [2.75, 3.05) is 16.8 Å². The number of carbonyl (C=O) groups excluding carboxylic acids is 2. The van der Waals surface area contributed by atoms with Crippen molar-refractivity contribution in [1.82, 2.24) is 10.3 Å². The van der Waals surface area contributed by atoms with Crippen LogP contribution in [0, 0.1) is 0 Å². The van der Waals surface area contributed by atoms with E-state index in [1.165, 1.54) is 49.0 Å². The number of anilines is 2. The number of halogens is 2. The summed E-state index contributed by atoms with van der Waals surface area (Å²) in [5, 5.41) is 24.8. The van der Waals surface area contributed by atoms with Crippen LogP contribution in [0.1, 0.15) is 59.5 Å². The number of nitrogens with zero attached hydrogens (tertiary/aromatic N) is 2. The molecule has 9 nitrogen and oxygen atoms in total. The molecule has 3 aromatic carbocycles. The lowest BCUT2D eigenvalue weighted by molar-refractivity contribution is -0.146. The molecule has 0 radical (unpaired) electrons. The van der Waals surface area contributed by atoms with Crippen molar-refractivity contribution < 1.29 is 24.6 Å². The van der Waals surface area contributed by atoms with Crippen molar-refractivity contribution in [2.45, 2.75) is 50.7 Å². The van der Waals surface area contributed by atoms with E-state index in [4.69, 9.17) is 28.3 Å². The van der Waals surface area contributed by atoms with E-state index < -0.39 is 30.6 Å². The SMILES string of the molecule is O=C(NC[C@@H](O)C(=O)O)c1ccc(CN(C(=O)Nc2nc3cc(Cl)cc(Cl)c3s2)c2ccc(C3CCCCC3)cc2)cc1. The Balaban J connectivity index is 1.36. The first-order valence-corrected chi connectivity index (χ1v) is 15.5. The number of rotatable bonds is 9. The molecule has 0 aliphatic heterocycles. The monoisotopic (exact) mass is 640 g/mol. The number of carboxylic acid groups (broad SMARTS) is 1. The van der Waals surface area contributed by atoms with Gasteiger partial charge in [0, 0.05) is 16.3 Å². The van der Waals surface area contributed by atoms with Crippen LogP contribution >= 0.6 is 34.5 Å². The Bertz CT molecular complexity index is 1620. The van der Waals surface area contributed by atoms with Crippen molar-refractivity contribution >= 4 is 73.5 Å². The minimum absolute atomic E-state index is 0.200. The molecule has 1 saturated carbocycles. The Morgan fingerprint density at radius 2 is 1.70 bits per heavy atom. The third kappa shape index (κ3) is 7.64. The van der Waals surface area contributed by atoms with Crippen molar-refractivity contribution in [1.29, 1.82) is 0 Å². The second-order valence-corrected chi connectivity index (χ2v) is 12.3. The highest BCUT2D eigenvalue weighted by molar-refractivity contribution is 7.23. The van der Waals surface area contributed by atoms with Crippen LogP contribution in [-0.4, -0.2) is 45.8 Å². The Labute approximate surface area is 262 Å². The van der Waals surface area contributed by atoms with E-state index in [9.17, 15) is 19.5 Å². The lowest BCUT2D eigenvalue weighted by Crippen LogP contribution is -2.36. The molecule has 43 heavy (non-hydrogen) atoms. The van der Waals surface area contributed by atoms with E-state index in [2.05, 4.69) is 27.8 Å². The third-order valence-corrected chi connectivity index (χ3v) is 9.10. The Morgan fingerprint density at radius 1 is 1.00 bits per heavy atom. The van der Waals surface area contributed by atoms with Gasteiger partial charge in [-0.15, -0.1) is 0 Å². The first-order chi connectivity index (χ1) is 20.7. The molecule has 0 bridgehead atoms. The van der Waals surface area contributed by atoms with E-state index in [0.717, 1.165) is 10.3 Å². The van der Waals surface area contributed by atoms with Crippen molar-refractivity contribution in [2.24, 2.45) is 0 Å². The van der Waals surface area contributed by atoms with Crippen molar-refractivity contribution in [3.63, 3.8) is 0 Å². The van der Waals surface area contributed by atoms with Crippen LogP contribution < -0.4 is 15.5 Å². The predicted molar refractivity (Wildman–Crippen MR) is 170 cm³/mol. The molecule has 0 saturated heterocycles. The number of aliphatic carboxylic acids is 1. The van der Waals surface area contributed by atoms with Crippen LogP contribution in [0.2, 0.25) is 10.0 Å². The lowest BCUT2D eigenvalue weighted by Gasteiger charge is -2.25. The fourth-order valence-electron chi connectivity index (χ4n) is 5.14. The highest BCUT2D eigenvalue weighted by Crippen LogP contribution is 2.36. The second kappa shape index (κ2) is 13.7. The number of benzene rings is 3. The van der Waals surface area contributed by atoms with Gasteiger partial charge in [-0.05, 0) is 66.3 Å². The third-order valence-electron chi connectivity index (χ3n) is 7.45. The maximum Gasteiger partial charge on any atom is 0.334 e. The standard InChI is InChI=1S/C31H30Cl2N4O5S/c32-22-14-24(33)27-25(15-22)35-30(43-27)36-31(42)37(23-12-10-20(11-13-23)19-4-2-1-3-5-19)17-18-6-8-21(9-7-18)28(39)34-16-26(38)29(40)41/h6-15,19,26,38H,1-5,16-17H2,(H,34,39)(H,40,41)(H,35,36,42)/t26-/m1/s1. The number of carboxylic acids is 1. The summed E-state index contributed by atoms with van der Waals surface area (Å²) in [5.74, 6) is -1.41. The van der Waals surface area contributed by atoms with Crippen LogP contribution in [0.4, 0.5) is 15.6 Å². The molecule has 1 atom stereocenters. The first kappa shape index (κ1) is 30.7. The van der Waals surface area contributed by atoms with Crippen LogP contribution in [0.3, 0.4) is 0 Å². The zero-order valence-corrected chi connectivity index (χ0v) is 25.4. The summed E-state index contributed by atoms with van der Waals surface area (Å²) in [6.45, 7) is -0.213. The van der Waals surface area contributed by atoms with Gasteiger partial charge >= 0.3 is 12.0 Å². The summed E-state index contributed by atoms with van der Waals surface area (Å²) in [6, 6.07) is 17.6. The Morgan fingerprint density at radius 3 is 2.37 bits per heavy atom. The average molecular weight is 642 g/mol. The summed E-state index contributed by atoms with van der Waals surface area (Å²) >= 11 is 13.7. The van der Waals surface area contributed by atoms with Gasteiger partial charge in [0.15, 0.2) is 11.2 Å². The fraction of sp³-hybridized carbons (Fsp3) is 0.290. The van der Waals surface area contributed by atoms with Gasteiger partial charge in [-0.2, -0.15) is 0 Å². The van der Waals surface area contributed by atoms with E-state index in [1.54, 1.807) is 41.3 Å². The summed E-state index contributed by atoms with van der Waals surface area (Å²) in [4.78, 5) is 43.0. The second-order valence-electron chi connectivity index (χ2n) is 10.5. The number of carbonyl (C=O) groups is 3. The smallest absolute Gasteiger partial charge is 0.334 e. The number of amides is 3. The minimum Gasteiger partial charge on any atom is -0.479 e. The molecule has 0 unspecified atom stereocenters. The highest BCUT2D eigenvalue weighted by atomic mass is 35.5. The van der Waals surface area contributed by atoms with Gasteiger partial charge < -0.3 is 15.5 Å². The number of nitrogens with one attached hydrogen (secondary N) is 2. The molecule has 3 amide bonds. The number of fused-ring (bicyclic) bond motifs is 1. The van der Waals surface area contributed by atoms with Crippen molar-refractivity contribution in [3.05, 3.63) is 87.4 Å². The molecule has 1 aliphatic rings. The van der Waals surface area contributed by atoms with E-state index in [-0.39, 0.29) is 6.54 Å². The van der Waals surface area contributed by atoms with Gasteiger partial charge in [-0.3, -0.25) is 15.0 Å². The van der Waals surface area contributed by atoms with E-state index in [0.29, 0.717) is 37.9 Å². The maximum atomic E-state index is 13.7. The summed E-state index contributed by atoms with van der Waals surface area (Å²) in [7, 11) is 0. The summed E-state index contributed by atoms with van der Waals surface area (Å²) < 4.78 is 0.717. The van der Waals surface area contributed by atoms with Gasteiger partial charge in [0.1, 0.15) is 0 Å². The molecule has 1 heterocycles. The quantitative estimate of drug-likeness (QED) is 0.155. The van der Waals surface area contributed by atoms with Gasteiger partial charge in [0.25, 0.3) is 5.91 Å². The molecule has 1 aliphatic carbocycles. The molecule has 4 N–H and O–H groups in total. The number of aliphatic hydroxyl groups is 1. The number of hydrogen-bond acceptors (Lipinski definition) is 6. The zero-order chi connectivity index (χ0) is 30.5. The largest absolute Gasteiger partial charge is 0.479 e. The van der Waals surface area contributed by atoms with Gasteiger partial charge in [0.2, 0.25) is 0 Å². The molecule has 0 spiro atoms.